The number of rotatable bonds is 4. The quantitative estimate of drug-likeness (QED) is 0.685. The fraction of sp³-hybridized carbons (Fsp3) is 0.227. The van der Waals surface area contributed by atoms with Crippen LogP contribution in [0.5, 0.6) is 11.6 Å². The van der Waals surface area contributed by atoms with Gasteiger partial charge in [0.1, 0.15) is 11.5 Å². The molecule has 1 aliphatic heterocycles. The summed E-state index contributed by atoms with van der Waals surface area (Å²) in [6.45, 7) is 3.00. The van der Waals surface area contributed by atoms with Crippen LogP contribution < -0.4 is 10.1 Å². The van der Waals surface area contributed by atoms with Gasteiger partial charge in [0.15, 0.2) is 0 Å². The SMILES string of the molecule is Cc1ccc(Oc2ccc(NC(=O)C(=O)N3CC[C@@H](c4ccco4)C3)cn2)cc1. The summed E-state index contributed by atoms with van der Waals surface area (Å²) in [5.74, 6) is 0.808. The number of pyridine rings is 1. The highest BCUT2D eigenvalue weighted by molar-refractivity contribution is 6.39. The highest BCUT2D eigenvalue weighted by Crippen LogP contribution is 2.27. The lowest BCUT2D eigenvalue weighted by Gasteiger charge is -2.15. The summed E-state index contributed by atoms with van der Waals surface area (Å²) in [6.07, 6.45) is 3.86. The number of carbonyl (C=O) groups excluding carboxylic acids is 2. The van der Waals surface area contributed by atoms with Crippen molar-refractivity contribution in [3.63, 3.8) is 0 Å². The van der Waals surface area contributed by atoms with Crippen LogP contribution in [0.4, 0.5) is 5.69 Å². The number of hydrogen-bond acceptors (Lipinski definition) is 5. The Kier molecular flexibility index (Phi) is 5.29. The van der Waals surface area contributed by atoms with Gasteiger partial charge in [-0.3, -0.25) is 9.59 Å². The van der Waals surface area contributed by atoms with Gasteiger partial charge in [-0.1, -0.05) is 17.7 Å². The molecule has 0 bridgehead atoms. The largest absolute Gasteiger partial charge is 0.469 e. The van der Waals surface area contributed by atoms with Crippen molar-refractivity contribution in [2.75, 3.05) is 18.4 Å². The predicted molar refractivity (Wildman–Crippen MR) is 107 cm³/mol. The zero-order valence-corrected chi connectivity index (χ0v) is 16.0. The molecule has 1 N–H and O–H groups in total. The van der Waals surface area contributed by atoms with Gasteiger partial charge in [-0.15, -0.1) is 0 Å². The van der Waals surface area contributed by atoms with E-state index in [-0.39, 0.29) is 5.92 Å². The molecule has 0 aliphatic carbocycles. The Morgan fingerprint density at radius 1 is 1.17 bits per heavy atom. The molecule has 7 nitrogen and oxygen atoms in total. The maximum atomic E-state index is 12.4. The molecule has 1 atom stereocenters. The average molecular weight is 391 g/mol. The number of hydrogen-bond donors (Lipinski definition) is 1. The fourth-order valence-electron chi connectivity index (χ4n) is 3.27. The van der Waals surface area contributed by atoms with E-state index >= 15 is 0 Å². The number of nitrogens with one attached hydrogen (secondary N) is 1. The number of amides is 2. The smallest absolute Gasteiger partial charge is 0.313 e. The Bertz CT molecular complexity index is 982. The Morgan fingerprint density at radius 3 is 2.69 bits per heavy atom. The van der Waals surface area contributed by atoms with Gasteiger partial charge in [-0.05, 0) is 43.7 Å². The van der Waals surface area contributed by atoms with Gasteiger partial charge in [0.2, 0.25) is 5.88 Å². The summed E-state index contributed by atoms with van der Waals surface area (Å²) < 4.78 is 11.1. The van der Waals surface area contributed by atoms with Crippen molar-refractivity contribution in [3.05, 3.63) is 72.3 Å². The molecule has 1 aromatic carbocycles. The van der Waals surface area contributed by atoms with E-state index < -0.39 is 11.8 Å². The van der Waals surface area contributed by atoms with Crippen molar-refractivity contribution in [2.45, 2.75) is 19.3 Å². The van der Waals surface area contributed by atoms with E-state index in [1.165, 1.54) is 6.20 Å². The molecule has 2 amide bonds. The molecule has 0 spiro atoms. The molecular weight excluding hydrogens is 370 g/mol. The first-order valence-corrected chi connectivity index (χ1v) is 9.43. The second kappa shape index (κ2) is 8.18. The molecule has 7 heteroatoms. The lowest BCUT2D eigenvalue weighted by molar-refractivity contribution is -0.142. The highest BCUT2D eigenvalue weighted by atomic mass is 16.5. The summed E-state index contributed by atoms with van der Waals surface area (Å²) in [7, 11) is 0. The standard InChI is InChI=1S/C22H21N3O4/c1-15-4-7-18(8-5-15)29-20-9-6-17(13-23-20)24-21(26)22(27)25-11-10-16(14-25)19-3-2-12-28-19/h2-9,12-13,16H,10-11,14H2,1H3,(H,24,26)/t16-/m1/s1. The van der Waals surface area contributed by atoms with Gasteiger partial charge in [0.05, 0.1) is 18.1 Å². The molecular formula is C22H21N3O4. The predicted octanol–water partition coefficient (Wildman–Crippen LogP) is 3.73. The third kappa shape index (κ3) is 4.45. The van der Waals surface area contributed by atoms with Crippen molar-refractivity contribution in [2.24, 2.45) is 0 Å². The molecule has 4 rings (SSSR count). The van der Waals surface area contributed by atoms with Crippen LogP contribution in [-0.4, -0.2) is 34.8 Å². The number of benzene rings is 1. The molecule has 2 aromatic heterocycles. The van der Waals surface area contributed by atoms with Gasteiger partial charge in [0, 0.05) is 25.1 Å². The molecule has 1 saturated heterocycles. The Balaban J connectivity index is 1.32. The molecule has 0 saturated carbocycles. The van der Waals surface area contributed by atoms with Crippen LogP contribution in [0.15, 0.2) is 65.4 Å². The van der Waals surface area contributed by atoms with Crippen molar-refractivity contribution in [1.82, 2.24) is 9.88 Å². The molecule has 3 aromatic rings. The number of carbonyl (C=O) groups is 2. The van der Waals surface area contributed by atoms with Crippen molar-refractivity contribution < 1.29 is 18.7 Å². The van der Waals surface area contributed by atoms with Crippen molar-refractivity contribution in [1.29, 1.82) is 0 Å². The van der Waals surface area contributed by atoms with Gasteiger partial charge < -0.3 is 19.4 Å². The number of ether oxygens (including phenoxy) is 1. The molecule has 0 unspecified atom stereocenters. The maximum absolute atomic E-state index is 12.4. The van der Waals surface area contributed by atoms with E-state index in [4.69, 9.17) is 9.15 Å². The summed E-state index contributed by atoms with van der Waals surface area (Å²) in [5, 5.41) is 2.60. The Hall–Kier alpha value is -3.61. The topological polar surface area (TPSA) is 84.7 Å². The van der Waals surface area contributed by atoms with E-state index in [9.17, 15) is 9.59 Å². The first-order chi connectivity index (χ1) is 14.1. The average Bonchev–Trinajstić information content (AvgIpc) is 3.42. The maximum Gasteiger partial charge on any atom is 0.313 e. The minimum atomic E-state index is -0.681. The van der Waals surface area contributed by atoms with Crippen molar-refractivity contribution in [3.8, 4) is 11.6 Å². The fourth-order valence-corrected chi connectivity index (χ4v) is 3.27. The van der Waals surface area contributed by atoms with Crippen LogP contribution >= 0.6 is 0 Å². The molecule has 148 valence electrons. The normalized spacial score (nSPS) is 15.9. The second-order valence-electron chi connectivity index (χ2n) is 7.01. The van der Waals surface area contributed by atoms with Gasteiger partial charge >= 0.3 is 11.8 Å². The van der Waals surface area contributed by atoms with E-state index in [1.807, 2.05) is 43.3 Å². The van der Waals surface area contributed by atoms with Crippen LogP contribution in [0.25, 0.3) is 0 Å². The first kappa shape index (κ1) is 18.7. The number of likely N-dealkylation sites (tertiary alicyclic amines) is 1. The van der Waals surface area contributed by atoms with E-state index in [0.29, 0.717) is 30.4 Å². The summed E-state index contributed by atoms with van der Waals surface area (Å²) >= 11 is 0. The lowest BCUT2D eigenvalue weighted by Crippen LogP contribution is -2.38. The Morgan fingerprint density at radius 2 is 2.00 bits per heavy atom. The summed E-state index contributed by atoms with van der Waals surface area (Å²) in [5.41, 5.74) is 1.57. The number of furan rings is 1. The van der Waals surface area contributed by atoms with Crippen LogP contribution in [0.3, 0.4) is 0 Å². The van der Waals surface area contributed by atoms with Gasteiger partial charge in [0.25, 0.3) is 0 Å². The van der Waals surface area contributed by atoms with Crippen LogP contribution in [-0.2, 0) is 9.59 Å². The third-order valence-corrected chi connectivity index (χ3v) is 4.85. The summed E-state index contributed by atoms with van der Waals surface area (Å²) in [4.78, 5) is 30.5. The Labute approximate surface area is 168 Å². The second-order valence-corrected chi connectivity index (χ2v) is 7.01. The van der Waals surface area contributed by atoms with Crippen LogP contribution in [0.2, 0.25) is 0 Å². The van der Waals surface area contributed by atoms with Gasteiger partial charge in [-0.25, -0.2) is 4.98 Å². The van der Waals surface area contributed by atoms with E-state index in [0.717, 1.165) is 17.7 Å². The number of nitrogens with zero attached hydrogens (tertiary/aromatic N) is 2. The van der Waals surface area contributed by atoms with Crippen LogP contribution in [0, 0.1) is 6.92 Å². The zero-order chi connectivity index (χ0) is 20.2. The minimum absolute atomic E-state index is 0.127. The number of aryl methyl sites for hydroxylation is 1. The van der Waals surface area contributed by atoms with E-state index in [1.54, 1.807) is 23.3 Å². The zero-order valence-electron chi connectivity index (χ0n) is 16.0. The van der Waals surface area contributed by atoms with Crippen LogP contribution in [0.1, 0.15) is 23.7 Å². The minimum Gasteiger partial charge on any atom is -0.469 e. The summed E-state index contributed by atoms with van der Waals surface area (Å²) in [6, 6.07) is 14.6. The molecule has 1 aliphatic rings. The van der Waals surface area contributed by atoms with Gasteiger partial charge in [-0.2, -0.15) is 0 Å². The van der Waals surface area contributed by atoms with E-state index in [2.05, 4.69) is 10.3 Å². The molecule has 1 fully saturated rings. The molecule has 29 heavy (non-hydrogen) atoms. The number of anilines is 1. The highest BCUT2D eigenvalue weighted by Gasteiger charge is 2.32. The molecule has 0 radical (unpaired) electrons. The molecule has 3 heterocycles. The van der Waals surface area contributed by atoms with Crippen molar-refractivity contribution >= 4 is 17.5 Å². The monoisotopic (exact) mass is 391 g/mol. The first-order valence-electron chi connectivity index (χ1n) is 9.43. The lowest BCUT2D eigenvalue weighted by atomic mass is 10.1. The third-order valence-electron chi connectivity index (χ3n) is 4.85. The number of aromatic nitrogens is 1.